The van der Waals surface area contributed by atoms with E-state index in [1.54, 1.807) is 74.0 Å². The Balaban J connectivity index is 0.00000351. The molecule has 2 aliphatic heterocycles. The summed E-state index contributed by atoms with van der Waals surface area (Å²) in [5.74, 6) is -9.37. The van der Waals surface area contributed by atoms with Crippen molar-refractivity contribution in [2.75, 3.05) is 59.8 Å². The van der Waals surface area contributed by atoms with E-state index in [-0.39, 0.29) is 104 Å². The van der Waals surface area contributed by atoms with Crippen molar-refractivity contribution in [3.8, 4) is 0 Å². The van der Waals surface area contributed by atoms with Crippen LogP contribution in [0.15, 0.2) is 66.7 Å². The molecule has 558 valence electrons. The Kier molecular flexibility index (Phi) is 35.9. The molecule has 11 amide bonds. The largest absolute Gasteiger partial charge is 0.490 e. The first-order valence-corrected chi connectivity index (χ1v) is 34.1. The second-order valence-corrected chi connectivity index (χ2v) is 26.6. The number of methoxy groups -OCH3 is 2. The number of imide groups is 1. The molecular formula is C70H106F3N11O16. The van der Waals surface area contributed by atoms with E-state index in [1.807, 2.05) is 71.7 Å². The van der Waals surface area contributed by atoms with Crippen molar-refractivity contribution in [3.63, 3.8) is 0 Å². The molecular weight excluding hydrogens is 1310 g/mol. The van der Waals surface area contributed by atoms with Crippen LogP contribution in [0.5, 0.6) is 0 Å². The van der Waals surface area contributed by atoms with Crippen LogP contribution >= 0.6 is 0 Å². The summed E-state index contributed by atoms with van der Waals surface area (Å²) in [5, 5.41) is 33.9. The Bertz CT molecular complexity index is 3070. The van der Waals surface area contributed by atoms with Gasteiger partial charge in [-0.1, -0.05) is 118 Å². The number of carbonyl (C=O) groups excluding carboxylic acids is 10. The summed E-state index contributed by atoms with van der Waals surface area (Å²) in [7, 11) is 6.51. The zero-order valence-corrected chi connectivity index (χ0v) is 59.9. The molecule has 2 heterocycles. The molecule has 2 aliphatic rings. The lowest BCUT2D eigenvalue weighted by atomic mass is 9.89. The number of likely N-dealkylation sites (N-methyl/N-ethyl adjacent to an activating group) is 2. The number of hydrogen-bond donors (Lipinski definition) is 9. The zero-order valence-electron chi connectivity index (χ0n) is 59.9. The van der Waals surface area contributed by atoms with Crippen LogP contribution in [0.25, 0.3) is 0 Å². The van der Waals surface area contributed by atoms with Crippen LogP contribution < -0.4 is 37.6 Å². The van der Waals surface area contributed by atoms with Crippen molar-refractivity contribution < 1.29 is 90.4 Å². The maximum absolute atomic E-state index is 14.9. The lowest BCUT2D eigenvalue weighted by Crippen LogP contribution is -2.60. The first-order valence-electron chi connectivity index (χ1n) is 34.1. The average Bonchev–Trinajstić information content (AvgIpc) is 1.39. The van der Waals surface area contributed by atoms with E-state index >= 15 is 0 Å². The lowest BCUT2D eigenvalue weighted by molar-refractivity contribution is -0.192. The van der Waals surface area contributed by atoms with E-state index < -0.39 is 102 Å². The number of carboxylic acids is 2. The first-order chi connectivity index (χ1) is 47.0. The second kappa shape index (κ2) is 41.9. The number of ether oxygens (including phenoxy) is 2. The number of nitrogens with one attached hydrogen (secondary N) is 6. The van der Waals surface area contributed by atoms with Gasteiger partial charge in [0.2, 0.25) is 41.4 Å². The number of halogens is 3. The highest BCUT2D eigenvalue weighted by atomic mass is 19.4. The normalized spacial score (nSPS) is 16.8. The number of nitrogens with two attached hydrogens (primary N) is 1. The topological polar surface area (TPSA) is 375 Å². The van der Waals surface area contributed by atoms with E-state index in [2.05, 4.69) is 31.9 Å². The summed E-state index contributed by atoms with van der Waals surface area (Å²) in [6.45, 7) is 18.0. The number of carboxylic acid groups (broad SMARTS) is 2. The number of alkyl halides is 3. The third-order valence-corrected chi connectivity index (χ3v) is 18.0. The van der Waals surface area contributed by atoms with Crippen molar-refractivity contribution in [3.05, 3.63) is 77.9 Å². The third-order valence-electron chi connectivity index (χ3n) is 18.0. The fraction of sp³-hybridized carbons (Fsp3) is 0.629. The minimum absolute atomic E-state index is 0.0900. The van der Waals surface area contributed by atoms with Gasteiger partial charge >= 0.3 is 24.1 Å². The van der Waals surface area contributed by atoms with E-state index in [0.717, 1.165) is 16.0 Å². The van der Waals surface area contributed by atoms with Gasteiger partial charge in [0.15, 0.2) is 0 Å². The van der Waals surface area contributed by atoms with Crippen molar-refractivity contribution in [2.45, 2.75) is 200 Å². The van der Waals surface area contributed by atoms with Crippen LogP contribution in [0.4, 0.5) is 23.7 Å². The summed E-state index contributed by atoms with van der Waals surface area (Å²) in [6.07, 6.45) is 0.272. The van der Waals surface area contributed by atoms with Gasteiger partial charge in [0.05, 0.1) is 42.7 Å². The summed E-state index contributed by atoms with van der Waals surface area (Å²) in [4.78, 5) is 161. The molecule has 10 N–H and O–H groups in total. The van der Waals surface area contributed by atoms with Crippen molar-refractivity contribution in [1.82, 2.24) is 46.2 Å². The lowest BCUT2D eigenvalue weighted by Gasteiger charge is -2.41. The van der Waals surface area contributed by atoms with Crippen LogP contribution in [0.1, 0.15) is 138 Å². The molecule has 1 saturated heterocycles. The molecule has 2 aromatic carbocycles. The minimum atomic E-state index is -5.08. The van der Waals surface area contributed by atoms with Gasteiger partial charge in [-0.25, -0.2) is 14.4 Å². The molecule has 0 aromatic heterocycles. The predicted octanol–water partition coefficient (Wildman–Crippen LogP) is 5.19. The highest BCUT2D eigenvalue weighted by molar-refractivity contribution is 6.12. The fourth-order valence-electron chi connectivity index (χ4n) is 12.3. The van der Waals surface area contributed by atoms with E-state index in [4.69, 9.17) is 25.1 Å². The van der Waals surface area contributed by atoms with Gasteiger partial charge in [-0.05, 0) is 98.9 Å². The SMILES string of the molecule is CC[C@H](C)[C@@H]([C@@H](CC(=O)N1CCC[C@H]1[C@H](OC)[C@@H](C)C(=O)N[C@@H](Cc1ccccc1)C(=O)O)OC)N(C)C(=O)[C@@H](NC(=O)[C@H](C(C)C)N(C)CCc1ccc(NC(=O)[C@H](CCCNC(N)=O)NC(=O)[C@@H](NC(=O)CCCCCN2C(=O)C=CC2=O)C(C)C)cc1)C(C)C.O=C(O)C(F)(F)F. The number of hydrogen-bond acceptors (Lipinski definition) is 15. The standard InChI is InChI=1S/C68H105N11O14.C2HF3O2/c1-14-44(8)60(52(92-12)40-56(83)78-37-22-26-51(78)61(93-13)45(9)62(84)73-50(67(89)90)39-47-23-17-15-18-24-47)77(11)66(88)58(42(4)5)75-65(87)59(43(6)7)76(10)38-34-46-28-30-48(31-29-46)71-63(85)49(25-21-35-70-68(69)91)72-64(86)57(41(2)3)74-53(80)27-19-16-20-36-79-54(81)32-33-55(79)82;3-2(4,5)1(6)7/h15,17-18,23-24,28-33,41-45,49-52,57-61H,14,16,19-22,25-27,34-40H2,1-13H3,(H,71,85)(H,72,86)(H,73,84)(H,74,80)(H,75,87)(H,89,90)(H3,69,70,91);(H,6,7)/t44-,45+,49-,50-,51-,52+,57-,58-,59-,60-,61+;/m0./s1. The van der Waals surface area contributed by atoms with Crippen molar-refractivity contribution in [2.24, 2.45) is 35.3 Å². The molecule has 0 aliphatic carbocycles. The number of likely N-dealkylation sites (tertiary alicyclic amines) is 1. The maximum Gasteiger partial charge on any atom is 0.490 e. The van der Waals surface area contributed by atoms with Crippen LogP contribution in [0, 0.1) is 29.6 Å². The van der Waals surface area contributed by atoms with Crippen LogP contribution in [0.3, 0.4) is 0 Å². The molecule has 30 heteroatoms. The second-order valence-electron chi connectivity index (χ2n) is 26.6. The highest BCUT2D eigenvalue weighted by Gasteiger charge is 2.44. The fourth-order valence-corrected chi connectivity index (χ4v) is 12.3. The number of primary amides is 1. The molecule has 1 fully saturated rings. The van der Waals surface area contributed by atoms with Crippen LogP contribution in [-0.4, -0.2) is 216 Å². The summed E-state index contributed by atoms with van der Waals surface area (Å²) in [5.41, 5.74) is 7.36. The monoisotopic (exact) mass is 1410 g/mol. The number of anilines is 1. The summed E-state index contributed by atoms with van der Waals surface area (Å²) >= 11 is 0. The number of amides is 11. The molecule has 0 unspecified atom stereocenters. The molecule has 0 bridgehead atoms. The highest BCUT2D eigenvalue weighted by Crippen LogP contribution is 2.30. The number of aliphatic carboxylic acids is 2. The van der Waals surface area contributed by atoms with Crippen molar-refractivity contribution >= 4 is 76.8 Å². The maximum atomic E-state index is 14.9. The van der Waals surface area contributed by atoms with Gasteiger partial charge in [-0.15, -0.1) is 0 Å². The van der Waals surface area contributed by atoms with Crippen molar-refractivity contribution in [1.29, 1.82) is 0 Å². The summed E-state index contributed by atoms with van der Waals surface area (Å²) < 4.78 is 43.8. The number of urea groups is 1. The molecule has 2 aromatic rings. The van der Waals surface area contributed by atoms with Gasteiger partial charge in [-0.3, -0.25) is 53.0 Å². The predicted molar refractivity (Wildman–Crippen MR) is 366 cm³/mol. The molecule has 4 rings (SSSR count). The minimum Gasteiger partial charge on any atom is -0.480 e. The molecule has 100 heavy (non-hydrogen) atoms. The molecule has 0 spiro atoms. The smallest absolute Gasteiger partial charge is 0.480 e. The van der Waals surface area contributed by atoms with Gasteiger partial charge in [0, 0.05) is 78.1 Å². The Morgan fingerprint density at radius 2 is 1.31 bits per heavy atom. The van der Waals surface area contributed by atoms with E-state index in [0.29, 0.717) is 63.7 Å². The molecule has 11 atom stereocenters. The van der Waals surface area contributed by atoms with Crippen LogP contribution in [0.2, 0.25) is 0 Å². The number of carbonyl (C=O) groups is 12. The average molecular weight is 1410 g/mol. The van der Waals surface area contributed by atoms with E-state index in [9.17, 15) is 71.0 Å². The Morgan fingerprint density at radius 1 is 0.710 bits per heavy atom. The van der Waals surface area contributed by atoms with Gasteiger partial charge < -0.3 is 67.1 Å². The Labute approximate surface area is 584 Å². The molecule has 0 saturated carbocycles. The zero-order chi connectivity index (χ0) is 75.3. The number of nitrogens with zero attached hydrogens (tertiary/aromatic N) is 4. The first kappa shape index (κ1) is 85.7. The van der Waals surface area contributed by atoms with Gasteiger partial charge in [0.1, 0.15) is 24.2 Å². The van der Waals surface area contributed by atoms with E-state index in [1.165, 1.54) is 26.4 Å². The van der Waals surface area contributed by atoms with Gasteiger partial charge in [-0.2, -0.15) is 13.2 Å². The van der Waals surface area contributed by atoms with Crippen LogP contribution in [-0.2, 0) is 75.1 Å². The third kappa shape index (κ3) is 27.2. The summed E-state index contributed by atoms with van der Waals surface area (Å²) in [6, 6.07) is 9.55. The number of benzene rings is 2. The molecule has 0 radical (unpaired) electrons. The molecule has 27 nitrogen and oxygen atoms in total. The quantitative estimate of drug-likeness (QED) is 0.0306. The number of unbranched alkanes of at least 4 members (excludes halogenated alkanes) is 2. The van der Waals surface area contributed by atoms with Gasteiger partial charge in [0.25, 0.3) is 11.8 Å². The Hall–Kier alpha value is -8.51. The number of rotatable bonds is 40. The Morgan fingerprint density at radius 3 is 1.84 bits per heavy atom.